The van der Waals surface area contributed by atoms with E-state index in [0.717, 1.165) is 49.0 Å². The van der Waals surface area contributed by atoms with Crippen LogP contribution in [0.5, 0.6) is 11.5 Å². The summed E-state index contributed by atoms with van der Waals surface area (Å²) in [5.74, 6) is 1.62. The highest BCUT2D eigenvalue weighted by atomic mass is 32.1. The molecule has 1 aliphatic heterocycles. The molecule has 168 valence electrons. The maximum atomic E-state index is 5.60. The first-order chi connectivity index (χ1) is 14.5. The van der Waals surface area contributed by atoms with Gasteiger partial charge in [-0.3, -0.25) is 0 Å². The van der Waals surface area contributed by atoms with Crippen LogP contribution < -0.4 is 20.1 Å². The summed E-state index contributed by atoms with van der Waals surface area (Å²) >= 11 is 5.58. The van der Waals surface area contributed by atoms with E-state index in [1.807, 2.05) is 0 Å². The van der Waals surface area contributed by atoms with E-state index in [1.165, 1.54) is 37.7 Å². The second-order valence-electron chi connectivity index (χ2n) is 8.90. The van der Waals surface area contributed by atoms with E-state index < -0.39 is 0 Å². The highest BCUT2D eigenvalue weighted by molar-refractivity contribution is 7.80. The first-order valence-corrected chi connectivity index (χ1v) is 11.9. The molecule has 1 aliphatic carbocycles. The molecule has 2 aliphatic rings. The van der Waals surface area contributed by atoms with Gasteiger partial charge in [-0.2, -0.15) is 0 Å². The van der Waals surface area contributed by atoms with Crippen LogP contribution in [0.4, 0.5) is 0 Å². The van der Waals surface area contributed by atoms with Crippen LogP contribution >= 0.6 is 12.2 Å². The van der Waals surface area contributed by atoms with Crippen molar-refractivity contribution in [3.63, 3.8) is 0 Å². The summed E-state index contributed by atoms with van der Waals surface area (Å²) < 4.78 is 11.1. The zero-order valence-electron chi connectivity index (χ0n) is 19.1. The number of methoxy groups -OCH3 is 2. The van der Waals surface area contributed by atoms with Crippen LogP contribution in [0.2, 0.25) is 0 Å². The maximum Gasteiger partial charge on any atom is 0.166 e. The summed E-state index contributed by atoms with van der Waals surface area (Å²) in [5.41, 5.74) is 1.56. The fourth-order valence-corrected chi connectivity index (χ4v) is 5.65. The second kappa shape index (κ2) is 10.7. The first-order valence-electron chi connectivity index (χ1n) is 11.5. The van der Waals surface area contributed by atoms with Gasteiger partial charge in [0.15, 0.2) is 16.6 Å². The number of hydrogen-bond donors (Lipinski definition) is 2. The smallest absolute Gasteiger partial charge is 0.166 e. The Hall–Kier alpha value is -1.53. The van der Waals surface area contributed by atoms with E-state index in [0.29, 0.717) is 12.1 Å². The van der Waals surface area contributed by atoms with Crippen molar-refractivity contribution in [1.82, 2.24) is 15.5 Å². The van der Waals surface area contributed by atoms with E-state index in [-0.39, 0.29) is 5.41 Å². The number of likely N-dealkylation sites (tertiary alicyclic amines) is 1. The number of nitrogens with zero attached hydrogens (tertiary/aromatic N) is 1. The Labute approximate surface area is 187 Å². The summed E-state index contributed by atoms with van der Waals surface area (Å²) in [6, 6.07) is 7.43. The molecule has 0 spiro atoms. The number of benzene rings is 1. The lowest BCUT2D eigenvalue weighted by atomic mass is 9.65. The summed E-state index contributed by atoms with van der Waals surface area (Å²) in [4.78, 5) is 2.53. The second-order valence-corrected chi connectivity index (χ2v) is 9.31. The van der Waals surface area contributed by atoms with Gasteiger partial charge in [0.1, 0.15) is 0 Å². The molecule has 0 aromatic heterocycles. The Morgan fingerprint density at radius 1 is 1.17 bits per heavy atom. The quantitative estimate of drug-likeness (QED) is 0.449. The fourth-order valence-electron chi connectivity index (χ4n) is 5.38. The number of rotatable bonds is 9. The van der Waals surface area contributed by atoms with Crippen LogP contribution in [-0.4, -0.2) is 56.5 Å². The number of unbranched alkanes of at least 4 members (excludes halogenated alkanes) is 3. The summed E-state index contributed by atoms with van der Waals surface area (Å²) in [6.07, 6.45) is 9.63. The van der Waals surface area contributed by atoms with Gasteiger partial charge in [0.25, 0.3) is 0 Å². The van der Waals surface area contributed by atoms with Crippen molar-refractivity contribution in [1.29, 1.82) is 0 Å². The average Bonchev–Trinajstić information content (AvgIpc) is 3.10. The van der Waals surface area contributed by atoms with Gasteiger partial charge in [0.05, 0.1) is 14.2 Å². The largest absolute Gasteiger partial charge is 0.493 e. The molecule has 1 heterocycles. The summed E-state index contributed by atoms with van der Waals surface area (Å²) in [7, 11) is 5.67. The van der Waals surface area contributed by atoms with Crippen molar-refractivity contribution < 1.29 is 9.47 Å². The minimum absolute atomic E-state index is 0.182. The number of ether oxygens (including phenoxy) is 2. The van der Waals surface area contributed by atoms with E-state index >= 15 is 0 Å². The Bertz CT molecular complexity index is 714. The number of thiocarbonyl (C=S) groups is 1. The highest BCUT2D eigenvalue weighted by Gasteiger charge is 2.50. The van der Waals surface area contributed by atoms with Gasteiger partial charge in [0, 0.05) is 24.0 Å². The maximum absolute atomic E-state index is 5.60. The topological polar surface area (TPSA) is 45.8 Å². The minimum Gasteiger partial charge on any atom is -0.493 e. The molecule has 1 aromatic rings. The predicted octanol–water partition coefficient (Wildman–Crippen LogP) is 4.24. The SMILES string of the molecule is CCCCCCNC(=S)N[C@@H]1CC[C@@]2(c3ccc(OC)c(OC)c3)CCN(C)[C@H]2C1. The minimum atomic E-state index is 0.182. The molecule has 0 radical (unpaired) electrons. The standard InChI is InChI=1S/C24H39N3O2S/c1-5-6-7-8-14-25-23(30)26-19-11-12-24(13-15-27(2)22(24)17-19)18-9-10-20(28-3)21(16-18)29-4/h9-10,16,19,22H,5-8,11-15,17H2,1-4H3,(H2,25,26,30)/t19-,22+,24+/m1/s1. The van der Waals surface area contributed by atoms with E-state index in [2.05, 4.69) is 47.7 Å². The zero-order valence-corrected chi connectivity index (χ0v) is 19.9. The van der Waals surface area contributed by atoms with Gasteiger partial charge in [-0.25, -0.2) is 0 Å². The average molecular weight is 434 g/mol. The molecule has 0 bridgehead atoms. The molecule has 1 aromatic carbocycles. The van der Waals surface area contributed by atoms with Gasteiger partial charge in [-0.05, 0) is 75.6 Å². The van der Waals surface area contributed by atoms with Crippen molar-refractivity contribution in [2.75, 3.05) is 34.4 Å². The van der Waals surface area contributed by atoms with Gasteiger partial charge >= 0.3 is 0 Å². The number of likely N-dealkylation sites (N-methyl/N-ethyl adjacent to an activating group) is 1. The van der Waals surface area contributed by atoms with E-state index in [4.69, 9.17) is 21.7 Å². The number of fused-ring (bicyclic) bond motifs is 1. The molecule has 3 atom stereocenters. The van der Waals surface area contributed by atoms with Gasteiger partial charge in [0.2, 0.25) is 0 Å². The molecule has 1 saturated carbocycles. The van der Waals surface area contributed by atoms with Gasteiger partial charge < -0.3 is 25.0 Å². The lowest BCUT2D eigenvalue weighted by Gasteiger charge is -2.45. The van der Waals surface area contributed by atoms with Crippen LogP contribution in [0.1, 0.15) is 63.9 Å². The molecule has 6 heteroatoms. The molecule has 1 saturated heterocycles. The third-order valence-corrected chi connectivity index (χ3v) is 7.40. The highest BCUT2D eigenvalue weighted by Crippen LogP contribution is 2.49. The molecular weight excluding hydrogens is 394 g/mol. The van der Waals surface area contributed by atoms with Crippen LogP contribution in [-0.2, 0) is 5.41 Å². The number of nitrogens with one attached hydrogen (secondary N) is 2. The summed E-state index contributed by atoms with van der Waals surface area (Å²) in [6.45, 7) is 4.34. The van der Waals surface area contributed by atoms with E-state index in [1.54, 1.807) is 14.2 Å². The Morgan fingerprint density at radius 3 is 2.70 bits per heavy atom. The Kier molecular flexibility index (Phi) is 8.23. The van der Waals surface area contributed by atoms with Crippen molar-refractivity contribution in [3.8, 4) is 11.5 Å². The van der Waals surface area contributed by atoms with Gasteiger partial charge in [-0.15, -0.1) is 0 Å². The number of hydrogen-bond acceptors (Lipinski definition) is 4. The fraction of sp³-hybridized carbons (Fsp3) is 0.708. The molecular formula is C24H39N3O2S. The Balaban J connectivity index is 1.64. The van der Waals surface area contributed by atoms with Crippen LogP contribution in [0.15, 0.2) is 18.2 Å². The molecule has 2 N–H and O–H groups in total. The van der Waals surface area contributed by atoms with Crippen molar-refractivity contribution in [2.24, 2.45) is 0 Å². The molecule has 3 rings (SSSR count). The van der Waals surface area contributed by atoms with Gasteiger partial charge in [-0.1, -0.05) is 32.3 Å². The third-order valence-electron chi connectivity index (χ3n) is 7.14. The van der Waals surface area contributed by atoms with Crippen molar-refractivity contribution >= 4 is 17.3 Å². The normalized spacial score (nSPS) is 26.1. The molecule has 0 unspecified atom stereocenters. The monoisotopic (exact) mass is 433 g/mol. The molecule has 2 fully saturated rings. The summed E-state index contributed by atoms with van der Waals surface area (Å²) in [5, 5.41) is 7.82. The van der Waals surface area contributed by atoms with Crippen molar-refractivity contribution in [2.45, 2.75) is 75.8 Å². The zero-order chi connectivity index (χ0) is 21.6. The third kappa shape index (κ3) is 5.02. The predicted molar refractivity (Wildman–Crippen MR) is 128 cm³/mol. The van der Waals surface area contributed by atoms with Crippen molar-refractivity contribution in [3.05, 3.63) is 23.8 Å². The van der Waals surface area contributed by atoms with Crippen LogP contribution in [0, 0.1) is 0 Å². The van der Waals surface area contributed by atoms with E-state index in [9.17, 15) is 0 Å². The molecule has 5 nitrogen and oxygen atoms in total. The lowest BCUT2D eigenvalue weighted by Crippen LogP contribution is -2.53. The molecule has 0 amide bonds. The Morgan fingerprint density at radius 2 is 1.97 bits per heavy atom. The lowest BCUT2D eigenvalue weighted by molar-refractivity contribution is 0.161. The van der Waals surface area contributed by atoms with Crippen LogP contribution in [0.25, 0.3) is 0 Å². The van der Waals surface area contributed by atoms with Crippen LogP contribution in [0.3, 0.4) is 0 Å². The first kappa shape index (κ1) is 23.1. The molecule has 30 heavy (non-hydrogen) atoms.